The van der Waals surface area contributed by atoms with Crippen molar-refractivity contribution >= 4 is 6.08 Å². The van der Waals surface area contributed by atoms with Crippen molar-refractivity contribution in [3.63, 3.8) is 0 Å². The number of hydrogen-bond donors (Lipinski definition) is 0. The monoisotopic (exact) mass is 181 g/mol. The van der Waals surface area contributed by atoms with E-state index < -0.39 is 0 Å². The molecule has 2 heteroatoms. The van der Waals surface area contributed by atoms with Crippen molar-refractivity contribution in [3.05, 3.63) is 0 Å². The van der Waals surface area contributed by atoms with Crippen LogP contribution in [0.3, 0.4) is 0 Å². The van der Waals surface area contributed by atoms with Crippen LogP contribution in [-0.4, -0.2) is 12.6 Å². The number of aliphatic imine (C=N–C) groups is 1. The van der Waals surface area contributed by atoms with E-state index in [1.54, 1.807) is 6.08 Å². The fourth-order valence-corrected chi connectivity index (χ4v) is 2.22. The number of carbonyl (C=O) groups excluding carboxylic acids is 1. The van der Waals surface area contributed by atoms with Gasteiger partial charge in [-0.05, 0) is 23.7 Å². The van der Waals surface area contributed by atoms with Crippen molar-refractivity contribution in [3.8, 4) is 0 Å². The van der Waals surface area contributed by atoms with Gasteiger partial charge in [0.1, 0.15) is 0 Å². The lowest BCUT2D eigenvalue weighted by Crippen LogP contribution is -2.40. The van der Waals surface area contributed by atoms with Crippen LogP contribution in [-0.2, 0) is 4.79 Å². The molecule has 0 aromatic heterocycles. The van der Waals surface area contributed by atoms with Crippen LogP contribution in [0.15, 0.2) is 4.99 Å². The van der Waals surface area contributed by atoms with Crippen molar-refractivity contribution < 1.29 is 4.79 Å². The minimum absolute atomic E-state index is 0.197. The molecule has 0 heterocycles. The summed E-state index contributed by atoms with van der Waals surface area (Å²) in [6.45, 7) is 7.45. The van der Waals surface area contributed by atoms with Gasteiger partial charge in [-0.1, -0.05) is 33.6 Å². The molecule has 2 nitrogen and oxygen atoms in total. The molecule has 0 saturated heterocycles. The molecule has 0 bridgehead atoms. The molecule has 0 aromatic carbocycles. The molecule has 1 saturated carbocycles. The van der Waals surface area contributed by atoms with Gasteiger partial charge in [0, 0.05) is 0 Å². The van der Waals surface area contributed by atoms with E-state index in [0.29, 0.717) is 12.0 Å². The zero-order valence-corrected chi connectivity index (χ0v) is 8.89. The quantitative estimate of drug-likeness (QED) is 0.475. The van der Waals surface area contributed by atoms with Crippen molar-refractivity contribution in [2.75, 3.05) is 6.54 Å². The third-order valence-corrected chi connectivity index (χ3v) is 3.91. The molecule has 1 fully saturated rings. The van der Waals surface area contributed by atoms with Crippen LogP contribution in [0.1, 0.15) is 46.5 Å². The van der Waals surface area contributed by atoms with Crippen LogP contribution >= 0.6 is 0 Å². The molecule has 0 spiro atoms. The van der Waals surface area contributed by atoms with E-state index in [9.17, 15) is 4.79 Å². The van der Waals surface area contributed by atoms with Gasteiger partial charge in [0.15, 0.2) is 0 Å². The van der Waals surface area contributed by atoms with E-state index in [4.69, 9.17) is 0 Å². The van der Waals surface area contributed by atoms with Gasteiger partial charge in [-0.2, -0.15) is 0 Å². The standard InChI is InChI=1S/C11H19NO/c1-10(2)6-4-5-7-11(10,3)8-12-9-13/h4-8H2,1-3H3. The first kappa shape index (κ1) is 10.5. The predicted molar refractivity (Wildman–Crippen MR) is 53.3 cm³/mol. The van der Waals surface area contributed by atoms with E-state index in [1.807, 2.05) is 0 Å². The third kappa shape index (κ3) is 2.00. The van der Waals surface area contributed by atoms with E-state index in [1.165, 1.54) is 25.7 Å². The highest BCUT2D eigenvalue weighted by molar-refractivity contribution is 5.33. The Morgan fingerprint density at radius 2 is 1.85 bits per heavy atom. The molecule has 1 aliphatic rings. The Morgan fingerprint density at radius 3 is 2.38 bits per heavy atom. The SMILES string of the molecule is CC1(C)CCCCC1(C)CN=C=O. The second kappa shape index (κ2) is 3.63. The molecule has 1 unspecified atom stereocenters. The van der Waals surface area contributed by atoms with Crippen molar-refractivity contribution in [1.82, 2.24) is 0 Å². The van der Waals surface area contributed by atoms with Gasteiger partial charge in [0.25, 0.3) is 0 Å². The average Bonchev–Trinajstić information content (AvgIpc) is 2.07. The van der Waals surface area contributed by atoms with Gasteiger partial charge in [0.2, 0.25) is 6.08 Å². The molecule has 1 aliphatic carbocycles. The summed E-state index contributed by atoms with van der Waals surface area (Å²) in [5.41, 5.74) is 0.508. The summed E-state index contributed by atoms with van der Waals surface area (Å²) in [4.78, 5) is 13.9. The van der Waals surface area contributed by atoms with Gasteiger partial charge in [-0.15, -0.1) is 0 Å². The molecule has 1 rings (SSSR count). The van der Waals surface area contributed by atoms with Crippen LogP contribution < -0.4 is 0 Å². The molecule has 0 radical (unpaired) electrons. The number of rotatable bonds is 2. The molecule has 0 aliphatic heterocycles. The smallest absolute Gasteiger partial charge is 0.211 e. The highest BCUT2D eigenvalue weighted by Crippen LogP contribution is 2.50. The normalized spacial score (nSPS) is 32.2. The van der Waals surface area contributed by atoms with E-state index in [-0.39, 0.29) is 5.41 Å². The molecule has 0 amide bonds. The summed E-state index contributed by atoms with van der Waals surface area (Å²) in [5.74, 6) is 0. The number of hydrogen-bond acceptors (Lipinski definition) is 2. The summed E-state index contributed by atoms with van der Waals surface area (Å²) in [6, 6.07) is 0. The molecule has 0 N–H and O–H groups in total. The van der Waals surface area contributed by atoms with Crippen molar-refractivity contribution in [2.24, 2.45) is 15.8 Å². The van der Waals surface area contributed by atoms with Crippen LogP contribution in [0.5, 0.6) is 0 Å². The summed E-state index contributed by atoms with van der Waals surface area (Å²) < 4.78 is 0. The third-order valence-electron chi connectivity index (χ3n) is 3.91. The Balaban J connectivity index is 2.77. The van der Waals surface area contributed by atoms with Crippen LogP contribution in [0.25, 0.3) is 0 Å². The van der Waals surface area contributed by atoms with Crippen LogP contribution in [0.2, 0.25) is 0 Å². The predicted octanol–water partition coefficient (Wildman–Crippen LogP) is 2.93. The van der Waals surface area contributed by atoms with E-state index >= 15 is 0 Å². The number of nitrogens with zero attached hydrogens (tertiary/aromatic N) is 1. The van der Waals surface area contributed by atoms with Gasteiger partial charge in [0.05, 0.1) is 6.54 Å². The van der Waals surface area contributed by atoms with E-state index in [2.05, 4.69) is 25.8 Å². The van der Waals surface area contributed by atoms with Crippen LogP contribution in [0.4, 0.5) is 0 Å². The Kier molecular flexibility index (Phi) is 2.92. The summed E-state index contributed by atoms with van der Waals surface area (Å²) in [5, 5.41) is 0. The summed E-state index contributed by atoms with van der Waals surface area (Å²) >= 11 is 0. The fourth-order valence-electron chi connectivity index (χ4n) is 2.22. The van der Waals surface area contributed by atoms with Crippen molar-refractivity contribution in [1.29, 1.82) is 0 Å². The lowest BCUT2D eigenvalue weighted by Gasteiger charge is -2.47. The highest BCUT2D eigenvalue weighted by atomic mass is 16.1. The second-order valence-electron chi connectivity index (χ2n) is 5.06. The fraction of sp³-hybridized carbons (Fsp3) is 0.909. The Bertz CT molecular complexity index is 228. The Labute approximate surface area is 80.4 Å². The molecule has 1 atom stereocenters. The lowest BCUT2D eigenvalue weighted by molar-refractivity contribution is 0.0424. The van der Waals surface area contributed by atoms with Gasteiger partial charge >= 0.3 is 0 Å². The minimum atomic E-state index is 0.197. The van der Waals surface area contributed by atoms with Gasteiger partial charge in [-0.3, -0.25) is 0 Å². The maximum Gasteiger partial charge on any atom is 0.234 e. The maximum atomic E-state index is 10.1. The molecule has 74 valence electrons. The first-order valence-electron chi connectivity index (χ1n) is 5.05. The first-order valence-corrected chi connectivity index (χ1v) is 5.05. The average molecular weight is 181 g/mol. The first-order chi connectivity index (χ1) is 6.02. The van der Waals surface area contributed by atoms with Crippen molar-refractivity contribution in [2.45, 2.75) is 46.5 Å². The number of isocyanates is 1. The second-order valence-corrected chi connectivity index (χ2v) is 5.06. The minimum Gasteiger partial charge on any atom is -0.211 e. The highest BCUT2D eigenvalue weighted by Gasteiger charge is 2.42. The lowest BCUT2D eigenvalue weighted by atomic mass is 9.59. The summed E-state index contributed by atoms with van der Waals surface area (Å²) in [7, 11) is 0. The zero-order chi connectivity index (χ0) is 9.95. The largest absolute Gasteiger partial charge is 0.234 e. The molecule has 13 heavy (non-hydrogen) atoms. The summed E-state index contributed by atoms with van der Waals surface area (Å²) in [6.07, 6.45) is 6.67. The molecule has 0 aromatic rings. The molecular formula is C11H19NO. The van der Waals surface area contributed by atoms with E-state index in [0.717, 1.165) is 0 Å². The molecular weight excluding hydrogens is 162 g/mol. The Hall–Kier alpha value is -0.620. The Morgan fingerprint density at radius 1 is 1.23 bits per heavy atom. The topological polar surface area (TPSA) is 29.4 Å². The van der Waals surface area contributed by atoms with Crippen LogP contribution in [0, 0.1) is 10.8 Å². The maximum absolute atomic E-state index is 10.1. The zero-order valence-electron chi connectivity index (χ0n) is 8.89. The van der Waals surface area contributed by atoms with Gasteiger partial charge < -0.3 is 0 Å². The van der Waals surface area contributed by atoms with Gasteiger partial charge in [-0.25, -0.2) is 9.79 Å².